The van der Waals surface area contributed by atoms with Gasteiger partial charge in [0.15, 0.2) is 0 Å². The molecule has 0 saturated heterocycles. The minimum Gasteiger partial charge on any atom is -0.0739 e. The van der Waals surface area contributed by atoms with E-state index in [2.05, 4.69) is 77.1 Å². The van der Waals surface area contributed by atoms with Crippen molar-refractivity contribution in [2.45, 2.75) is 40.0 Å². The topological polar surface area (TPSA) is 0 Å². The second-order valence-corrected chi connectivity index (χ2v) is 6.07. The van der Waals surface area contributed by atoms with Crippen LogP contribution in [0.2, 0.25) is 0 Å². The monoisotopic (exact) mass is 240 g/mol. The SMILES string of the molecule is CC1=CC=CC(C)(C(C)C(C)C)c2ccccc21. The smallest absolute Gasteiger partial charge is 0.0141 e. The molecule has 0 fully saturated rings. The fourth-order valence-electron chi connectivity index (χ4n) is 2.96. The highest BCUT2D eigenvalue weighted by Crippen LogP contribution is 2.42. The average molecular weight is 240 g/mol. The van der Waals surface area contributed by atoms with Gasteiger partial charge in [-0.3, -0.25) is 0 Å². The van der Waals surface area contributed by atoms with Crippen LogP contribution in [0.25, 0.3) is 5.57 Å². The van der Waals surface area contributed by atoms with Gasteiger partial charge in [0, 0.05) is 5.41 Å². The highest BCUT2D eigenvalue weighted by Gasteiger charge is 2.34. The van der Waals surface area contributed by atoms with E-state index >= 15 is 0 Å². The Kier molecular flexibility index (Phi) is 3.47. The summed E-state index contributed by atoms with van der Waals surface area (Å²) in [5.74, 6) is 1.29. The minimum absolute atomic E-state index is 0.124. The molecule has 0 aromatic heterocycles. The summed E-state index contributed by atoms with van der Waals surface area (Å²) in [7, 11) is 0. The van der Waals surface area contributed by atoms with Crippen LogP contribution >= 0.6 is 0 Å². The molecule has 1 aromatic rings. The van der Waals surface area contributed by atoms with Crippen LogP contribution in [0.3, 0.4) is 0 Å². The molecule has 0 saturated carbocycles. The molecule has 2 unspecified atom stereocenters. The van der Waals surface area contributed by atoms with Gasteiger partial charge >= 0.3 is 0 Å². The first-order chi connectivity index (χ1) is 8.47. The van der Waals surface area contributed by atoms with Gasteiger partial charge in [-0.05, 0) is 35.5 Å². The quantitative estimate of drug-likeness (QED) is 0.665. The number of hydrogen-bond donors (Lipinski definition) is 0. The van der Waals surface area contributed by atoms with E-state index in [1.165, 1.54) is 16.7 Å². The molecule has 96 valence electrons. The van der Waals surface area contributed by atoms with Crippen molar-refractivity contribution in [1.29, 1.82) is 0 Å². The van der Waals surface area contributed by atoms with Crippen LogP contribution < -0.4 is 0 Å². The Morgan fingerprint density at radius 2 is 1.72 bits per heavy atom. The molecule has 0 heteroatoms. The molecular formula is C18H24. The first-order valence-corrected chi connectivity index (χ1v) is 6.93. The zero-order chi connectivity index (χ0) is 13.3. The van der Waals surface area contributed by atoms with Crippen LogP contribution in [0.5, 0.6) is 0 Å². The number of benzene rings is 1. The fraction of sp³-hybridized carbons (Fsp3) is 0.444. The van der Waals surface area contributed by atoms with Crippen LogP contribution in [0.1, 0.15) is 45.7 Å². The Morgan fingerprint density at radius 3 is 2.39 bits per heavy atom. The van der Waals surface area contributed by atoms with E-state index in [4.69, 9.17) is 0 Å². The standard InChI is InChI=1S/C18H24/c1-13(2)15(4)18(5)12-8-9-14(3)16-10-6-7-11-17(16)18/h6-13,15H,1-5H3. The average Bonchev–Trinajstić information content (AvgIpc) is 2.48. The van der Waals surface area contributed by atoms with Crippen molar-refractivity contribution in [2.24, 2.45) is 11.8 Å². The van der Waals surface area contributed by atoms with Crippen LogP contribution in [-0.2, 0) is 5.41 Å². The van der Waals surface area contributed by atoms with Gasteiger partial charge in [-0.15, -0.1) is 0 Å². The first-order valence-electron chi connectivity index (χ1n) is 6.93. The van der Waals surface area contributed by atoms with Gasteiger partial charge in [-0.1, -0.05) is 70.2 Å². The molecule has 0 aliphatic heterocycles. The summed E-state index contributed by atoms with van der Waals surface area (Å²) in [4.78, 5) is 0. The Hall–Kier alpha value is -1.30. The lowest BCUT2D eigenvalue weighted by Crippen LogP contribution is -2.32. The number of rotatable bonds is 2. The molecule has 0 heterocycles. The normalized spacial score (nSPS) is 24.4. The highest BCUT2D eigenvalue weighted by molar-refractivity contribution is 5.71. The van der Waals surface area contributed by atoms with Gasteiger partial charge in [0.2, 0.25) is 0 Å². The van der Waals surface area contributed by atoms with E-state index in [-0.39, 0.29) is 5.41 Å². The zero-order valence-electron chi connectivity index (χ0n) is 12.2. The summed E-state index contributed by atoms with van der Waals surface area (Å²) in [5.41, 5.74) is 4.35. The molecule has 2 atom stereocenters. The van der Waals surface area contributed by atoms with Crippen molar-refractivity contribution in [3.63, 3.8) is 0 Å². The largest absolute Gasteiger partial charge is 0.0739 e. The molecule has 2 rings (SSSR count). The van der Waals surface area contributed by atoms with Crippen molar-refractivity contribution < 1.29 is 0 Å². The maximum absolute atomic E-state index is 2.38. The van der Waals surface area contributed by atoms with E-state index in [9.17, 15) is 0 Å². The minimum atomic E-state index is 0.124. The van der Waals surface area contributed by atoms with Gasteiger partial charge in [-0.25, -0.2) is 0 Å². The van der Waals surface area contributed by atoms with Crippen molar-refractivity contribution in [3.05, 3.63) is 53.6 Å². The maximum atomic E-state index is 2.38. The molecule has 1 aromatic carbocycles. The second kappa shape index (κ2) is 4.76. The lowest BCUT2D eigenvalue weighted by atomic mass is 9.67. The molecule has 0 radical (unpaired) electrons. The van der Waals surface area contributed by atoms with E-state index in [0.29, 0.717) is 11.8 Å². The number of fused-ring (bicyclic) bond motifs is 1. The van der Waals surface area contributed by atoms with Crippen molar-refractivity contribution in [3.8, 4) is 0 Å². The van der Waals surface area contributed by atoms with Crippen LogP contribution in [-0.4, -0.2) is 0 Å². The molecule has 0 nitrogen and oxygen atoms in total. The summed E-state index contributed by atoms with van der Waals surface area (Å²) in [5, 5.41) is 0. The third-order valence-corrected chi connectivity index (χ3v) is 4.67. The Labute approximate surface area is 111 Å². The van der Waals surface area contributed by atoms with E-state index in [0.717, 1.165) is 0 Å². The van der Waals surface area contributed by atoms with Gasteiger partial charge in [0.1, 0.15) is 0 Å². The van der Waals surface area contributed by atoms with E-state index in [1.54, 1.807) is 0 Å². The lowest BCUT2D eigenvalue weighted by Gasteiger charge is -2.37. The molecule has 0 N–H and O–H groups in total. The van der Waals surface area contributed by atoms with E-state index < -0.39 is 0 Å². The summed E-state index contributed by atoms with van der Waals surface area (Å²) in [6, 6.07) is 8.85. The molecule has 0 bridgehead atoms. The van der Waals surface area contributed by atoms with Crippen LogP contribution in [0.4, 0.5) is 0 Å². The Balaban J connectivity index is 2.62. The molecule has 18 heavy (non-hydrogen) atoms. The van der Waals surface area contributed by atoms with Crippen LogP contribution in [0.15, 0.2) is 42.5 Å². The predicted octanol–water partition coefficient (Wildman–Crippen LogP) is 5.21. The maximum Gasteiger partial charge on any atom is 0.0141 e. The lowest BCUT2D eigenvalue weighted by molar-refractivity contribution is 0.294. The second-order valence-electron chi connectivity index (χ2n) is 6.07. The molecule has 1 aliphatic rings. The van der Waals surface area contributed by atoms with Crippen molar-refractivity contribution in [2.75, 3.05) is 0 Å². The fourth-order valence-corrected chi connectivity index (χ4v) is 2.96. The Bertz CT molecular complexity index is 491. The predicted molar refractivity (Wildman–Crippen MR) is 80.6 cm³/mol. The van der Waals surface area contributed by atoms with Gasteiger partial charge in [0.05, 0.1) is 0 Å². The van der Waals surface area contributed by atoms with Crippen molar-refractivity contribution >= 4 is 5.57 Å². The number of allylic oxidation sites excluding steroid dienone is 4. The molecule has 0 spiro atoms. The van der Waals surface area contributed by atoms with E-state index in [1.807, 2.05) is 0 Å². The first kappa shape index (κ1) is 13.1. The van der Waals surface area contributed by atoms with Gasteiger partial charge in [-0.2, -0.15) is 0 Å². The third-order valence-electron chi connectivity index (χ3n) is 4.67. The molecular weight excluding hydrogens is 216 g/mol. The zero-order valence-corrected chi connectivity index (χ0v) is 12.2. The third kappa shape index (κ3) is 2.05. The highest BCUT2D eigenvalue weighted by atomic mass is 14.4. The van der Waals surface area contributed by atoms with Crippen molar-refractivity contribution in [1.82, 2.24) is 0 Å². The molecule has 0 amide bonds. The summed E-state index contributed by atoms with van der Waals surface area (Å²) in [6.07, 6.45) is 6.85. The summed E-state index contributed by atoms with van der Waals surface area (Å²) in [6.45, 7) is 11.6. The summed E-state index contributed by atoms with van der Waals surface area (Å²) >= 11 is 0. The summed E-state index contributed by atoms with van der Waals surface area (Å²) < 4.78 is 0. The van der Waals surface area contributed by atoms with Crippen LogP contribution in [0, 0.1) is 11.8 Å². The van der Waals surface area contributed by atoms with Gasteiger partial charge in [0.25, 0.3) is 0 Å². The van der Waals surface area contributed by atoms with Gasteiger partial charge < -0.3 is 0 Å². The Morgan fingerprint density at radius 1 is 1.06 bits per heavy atom. The molecule has 1 aliphatic carbocycles. The number of hydrogen-bond acceptors (Lipinski definition) is 0.